The van der Waals surface area contributed by atoms with Crippen molar-refractivity contribution in [2.45, 2.75) is 0 Å². The fourth-order valence-corrected chi connectivity index (χ4v) is 3.98. The molecule has 1 aromatic carbocycles. The van der Waals surface area contributed by atoms with Crippen molar-refractivity contribution >= 4 is 21.9 Å². The number of nitrogens with zero attached hydrogens (tertiary/aromatic N) is 6. The van der Waals surface area contributed by atoms with Crippen molar-refractivity contribution < 1.29 is 18.3 Å². The van der Waals surface area contributed by atoms with Crippen molar-refractivity contribution in [3.8, 4) is 28.3 Å². The lowest BCUT2D eigenvalue weighted by molar-refractivity contribution is 0.190. The van der Waals surface area contributed by atoms with Gasteiger partial charge in [-0.15, -0.1) is 0 Å². The van der Waals surface area contributed by atoms with Gasteiger partial charge in [0.05, 0.1) is 48.4 Å². The highest BCUT2D eigenvalue weighted by Crippen LogP contribution is 2.37. The first-order valence-corrected chi connectivity index (χ1v) is 9.84. The van der Waals surface area contributed by atoms with E-state index in [1.54, 1.807) is 38.2 Å². The number of hydrogen-bond donors (Lipinski definition) is 0. The van der Waals surface area contributed by atoms with Crippen molar-refractivity contribution in [3.05, 3.63) is 59.4 Å². The number of methoxy groups -OCH3 is 1. The number of ether oxygens (including phenoxy) is 2. The highest BCUT2D eigenvalue weighted by molar-refractivity contribution is 6.05. The molecule has 168 valence electrons. The van der Waals surface area contributed by atoms with Crippen molar-refractivity contribution in [2.75, 3.05) is 14.0 Å². The smallest absolute Gasteiger partial charge is 0.333 e. The molecule has 33 heavy (non-hydrogen) atoms. The first kappa shape index (κ1) is 20.6. The fourth-order valence-electron chi connectivity index (χ4n) is 3.98. The maximum atomic E-state index is 15.0. The molecule has 0 saturated carbocycles. The number of pyridine rings is 2. The second-order valence-corrected chi connectivity index (χ2v) is 7.36. The molecule has 0 aliphatic rings. The summed E-state index contributed by atoms with van der Waals surface area (Å²) in [5.74, 6) is -0.469. The largest absolute Gasteiger partial charge is 0.496 e. The zero-order chi connectivity index (χ0) is 23.3. The van der Waals surface area contributed by atoms with Crippen LogP contribution >= 0.6 is 0 Å². The van der Waals surface area contributed by atoms with Crippen molar-refractivity contribution in [1.29, 1.82) is 0 Å². The van der Waals surface area contributed by atoms with Gasteiger partial charge < -0.3 is 9.47 Å². The molecule has 11 heteroatoms. The van der Waals surface area contributed by atoms with Gasteiger partial charge in [0.15, 0.2) is 11.6 Å². The lowest BCUT2D eigenvalue weighted by atomic mass is 10.0. The van der Waals surface area contributed by atoms with Crippen molar-refractivity contribution in [1.82, 2.24) is 28.9 Å². The van der Waals surface area contributed by atoms with Gasteiger partial charge in [-0.25, -0.2) is 13.6 Å². The number of benzene rings is 1. The Labute approximate surface area is 185 Å². The highest BCUT2D eigenvalue weighted by Gasteiger charge is 2.23. The topological polar surface area (TPSA) is 89.0 Å². The summed E-state index contributed by atoms with van der Waals surface area (Å²) in [4.78, 5) is 21.4. The SMILES string of the molecule is COc1cc2ncc3c(c2cc1-c1cnn(C)c1)n(-c1c(F)cncc1OCF)c(=O)n3C. The summed E-state index contributed by atoms with van der Waals surface area (Å²) in [6.07, 6.45) is 7.14. The number of imidazole rings is 1. The van der Waals surface area contributed by atoms with E-state index in [1.807, 2.05) is 12.3 Å². The van der Waals surface area contributed by atoms with E-state index in [1.165, 1.54) is 10.8 Å². The minimum absolute atomic E-state index is 0.196. The van der Waals surface area contributed by atoms with E-state index in [0.29, 0.717) is 33.2 Å². The standard InChI is InChI=1S/C22H18F2N6O3/c1-28-10-12(6-27-28)13-4-14-16(5-18(13)32-3)26-8-17-20(14)30(22(31)29(17)2)21-15(24)7-25-9-19(21)33-11-23/h4-10H,11H2,1-3H3. The minimum atomic E-state index is -1.21. The molecule has 5 aromatic rings. The molecule has 0 atom stereocenters. The summed E-state index contributed by atoms with van der Waals surface area (Å²) in [5.41, 5.74) is 2.08. The first-order chi connectivity index (χ1) is 15.9. The number of aryl methyl sites for hydroxylation is 2. The number of rotatable bonds is 5. The van der Waals surface area contributed by atoms with Gasteiger partial charge in [-0.2, -0.15) is 5.10 Å². The maximum Gasteiger partial charge on any atom is 0.333 e. The van der Waals surface area contributed by atoms with Gasteiger partial charge in [-0.1, -0.05) is 0 Å². The molecule has 4 heterocycles. The Morgan fingerprint density at radius 1 is 1.09 bits per heavy atom. The summed E-state index contributed by atoms with van der Waals surface area (Å²) in [6.45, 7) is -1.21. The first-order valence-electron chi connectivity index (χ1n) is 9.84. The normalized spacial score (nSPS) is 11.4. The number of halogens is 2. The molecule has 0 unspecified atom stereocenters. The van der Waals surface area contributed by atoms with E-state index in [-0.39, 0.29) is 11.4 Å². The van der Waals surface area contributed by atoms with Crippen LogP contribution in [0.3, 0.4) is 0 Å². The monoisotopic (exact) mass is 452 g/mol. The second kappa shape index (κ2) is 7.69. The lowest BCUT2D eigenvalue weighted by Gasteiger charge is -2.13. The molecule has 0 radical (unpaired) electrons. The summed E-state index contributed by atoms with van der Waals surface area (Å²) < 4.78 is 42.6. The molecule has 0 N–H and O–H groups in total. The average Bonchev–Trinajstić information content (AvgIpc) is 3.35. The summed E-state index contributed by atoms with van der Waals surface area (Å²) in [7, 11) is 4.89. The van der Waals surface area contributed by atoms with Crippen LogP contribution in [0.4, 0.5) is 8.78 Å². The zero-order valence-electron chi connectivity index (χ0n) is 17.9. The Kier molecular flexibility index (Phi) is 4.81. The van der Waals surface area contributed by atoms with E-state index < -0.39 is 18.4 Å². The van der Waals surface area contributed by atoms with Gasteiger partial charge in [-0.05, 0) is 6.07 Å². The predicted octanol–water partition coefficient (Wildman–Crippen LogP) is 3.13. The van der Waals surface area contributed by atoms with Crippen LogP contribution in [0.5, 0.6) is 11.5 Å². The van der Waals surface area contributed by atoms with Crippen LogP contribution in [0, 0.1) is 5.82 Å². The Morgan fingerprint density at radius 3 is 2.61 bits per heavy atom. The molecule has 0 fully saturated rings. The summed E-state index contributed by atoms with van der Waals surface area (Å²) in [5, 5.41) is 4.78. The van der Waals surface area contributed by atoms with Gasteiger partial charge >= 0.3 is 5.69 Å². The molecule has 5 rings (SSSR count). The number of alkyl halides is 1. The molecule has 0 amide bonds. The van der Waals surface area contributed by atoms with Gasteiger partial charge in [0.1, 0.15) is 11.4 Å². The maximum absolute atomic E-state index is 15.0. The molecular formula is C22H18F2N6O3. The Balaban J connectivity index is 1.94. The van der Waals surface area contributed by atoms with E-state index >= 15 is 0 Å². The third-order valence-electron chi connectivity index (χ3n) is 5.49. The minimum Gasteiger partial charge on any atom is -0.496 e. The summed E-state index contributed by atoms with van der Waals surface area (Å²) >= 11 is 0. The van der Waals surface area contributed by atoms with Crippen LogP contribution in [0.25, 0.3) is 38.8 Å². The number of aromatic nitrogens is 6. The van der Waals surface area contributed by atoms with Crippen LogP contribution in [-0.4, -0.2) is 42.9 Å². The fraction of sp³-hybridized carbons (Fsp3) is 0.182. The average molecular weight is 452 g/mol. The molecule has 0 saturated heterocycles. The van der Waals surface area contributed by atoms with E-state index in [0.717, 1.165) is 22.5 Å². The molecule has 0 bridgehead atoms. The van der Waals surface area contributed by atoms with E-state index in [2.05, 4.69) is 15.1 Å². The molecule has 0 spiro atoms. The zero-order valence-corrected chi connectivity index (χ0v) is 17.9. The van der Waals surface area contributed by atoms with E-state index in [4.69, 9.17) is 9.47 Å². The van der Waals surface area contributed by atoms with Crippen LogP contribution in [0.15, 0.2) is 47.9 Å². The van der Waals surface area contributed by atoms with Gasteiger partial charge in [-0.3, -0.25) is 23.8 Å². The van der Waals surface area contributed by atoms with Crippen LogP contribution in [0.1, 0.15) is 0 Å². The summed E-state index contributed by atoms with van der Waals surface area (Å²) in [6, 6.07) is 3.55. The molecule has 0 aliphatic carbocycles. The van der Waals surface area contributed by atoms with Gasteiger partial charge in [0.25, 0.3) is 0 Å². The quantitative estimate of drug-likeness (QED) is 0.407. The third kappa shape index (κ3) is 3.12. The molecule has 0 aliphatic heterocycles. The molecule has 9 nitrogen and oxygen atoms in total. The lowest BCUT2D eigenvalue weighted by Crippen LogP contribution is -2.22. The predicted molar refractivity (Wildman–Crippen MR) is 117 cm³/mol. The van der Waals surface area contributed by atoms with Crippen molar-refractivity contribution in [3.63, 3.8) is 0 Å². The Morgan fingerprint density at radius 2 is 1.91 bits per heavy atom. The molecule has 4 aromatic heterocycles. The Hall–Kier alpha value is -4.28. The van der Waals surface area contributed by atoms with Crippen molar-refractivity contribution in [2.24, 2.45) is 14.1 Å². The third-order valence-corrected chi connectivity index (χ3v) is 5.49. The van der Waals surface area contributed by atoms with Crippen LogP contribution in [0.2, 0.25) is 0 Å². The number of hydrogen-bond acceptors (Lipinski definition) is 6. The molecular weight excluding hydrogens is 434 g/mol. The highest BCUT2D eigenvalue weighted by atomic mass is 19.1. The van der Waals surface area contributed by atoms with Gasteiger partial charge in [0, 0.05) is 42.9 Å². The van der Waals surface area contributed by atoms with E-state index in [9.17, 15) is 13.6 Å². The van der Waals surface area contributed by atoms with Gasteiger partial charge in [0.2, 0.25) is 6.86 Å². The Bertz CT molecular complexity index is 1590. The van der Waals surface area contributed by atoms with Crippen LogP contribution in [-0.2, 0) is 14.1 Å². The number of fused-ring (bicyclic) bond motifs is 3. The second-order valence-electron chi connectivity index (χ2n) is 7.36. The van der Waals surface area contributed by atoms with Crippen LogP contribution < -0.4 is 15.2 Å².